The molecule has 0 bridgehead atoms. The number of hydrogen-bond donors (Lipinski definition) is 1. The second kappa shape index (κ2) is 9.07. The molecular formula is C22H28O4. The predicted molar refractivity (Wildman–Crippen MR) is 101 cm³/mol. The topological polar surface area (TPSA) is 47.9 Å². The van der Waals surface area contributed by atoms with Crippen LogP contribution in [0.1, 0.15) is 39.2 Å². The maximum atomic E-state index is 10.7. The Bertz CT molecular complexity index is 680. The van der Waals surface area contributed by atoms with Crippen molar-refractivity contribution >= 4 is 0 Å². The van der Waals surface area contributed by atoms with Crippen LogP contribution < -0.4 is 0 Å². The lowest BCUT2D eigenvalue weighted by Crippen LogP contribution is -2.48. The maximum Gasteiger partial charge on any atom is 0.167 e. The highest BCUT2D eigenvalue weighted by molar-refractivity contribution is 5.14. The number of aliphatic hydroxyl groups is 1. The quantitative estimate of drug-likeness (QED) is 0.459. The van der Waals surface area contributed by atoms with Crippen molar-refractivity contribution in [2.75, 3.05) is 13.2 Å². The van der Waals surface area contributed by atoms with Crippen molar-refractivity contribution in [1.29, 1.82) is 0 Å². The lowest BCUT2D eigenvalue weighted by molar-refractivity contribution is -0.288. The smallest absolute Gasteiger partial charge is 0.167 e. The molecule has 26 heavy (non-hydrogen) atoms. The minimum absolute atomic E-state index is 0.336. The number of rotatable bonds is 7. The van der Waals surface area contributed by atoms with Gasteiger partial charge in [-0.3, -0.25) is 0 Å². The molecule has 4 heteroatoms. The summed E-state index contributed by atoms with van der Waals surface area (Å²) >= 11 is 0. The van der Waals surface area contributed by atoms with Gasteiger partial charge in [-0.2, -0.15) is 0 Å². The molecule has 4 nitrogen and oxygen atoms in total. The van der Waals surface area contributed by atoms with Gasteiger partial charge in [0.15, 0.2) is 11.5 Å². The first-order valence-electron chi connectivity index (χ1n) is 8.82. The van der Waals surface area contributed by atoms with Gasteiger partial charge in [-0.1, -0.05) is 42.6 Å². The van der Waals surface area contributed by atoms with Crippen LogP contribution in [-0.4, -0.2) is 30.2 Å². The van der Waals surface area contributed by atoms with E-state index in [9.17, 15) is 5.11 Å². The average Bonchev–Trinajstić information content (AvgIpc) is 2.64. The summed E-state index contributed by atoms with van der Waals surface area (Å²) in [7, 11) is 0. The zero-order valence-corrected chi connectivity index (χ0v) is 15.9. The first-order chi connectivity index (χ1) is 12.4. The van der Waals surface area contributed by atoms with Crippen LogP contribution in [0.25, 0.3) is 0 Å². The number of hydrogen-bond acceptors (Lipinski definition) is 4. The lowest BCUT2D eigenvalue weighted by Gasteiger charge is -2.43. The van der Waals surface area contributed by atoms with E-state index in [1.165, 1.54) is 0 Å². The first-order valence-corrected chi connectivity index (χ1v) is 8.82. The second-order valence-electron chi connectivity index (χ2n) is 7.12. The molecule has 1 N–H and O–H groups in total. The zero-order chi connectivity index (χ0) is 19.0. The molecule has 0 aromatic heterocycles. The van der Waals surface area contributed by atoms with E-state index in [0.717, 1.165) is 5.56 Å². The molecule has 1 fully saturated rings. The molecule has 1 aromatic carbocycles. The minimum atomic E-state index is -0.844. The predicted octanol–water partition coefficient (Wildman–Crippen LogP) is 3.81. The van der Waals surface area contributed by atoms with E-state index >= 15 is 0 Å². The van der Waals surface area contributed by atoms with Gasteiger partial charge in [-0.15, -0.1) is 11.8 Å². The summed E-state index contributed by atoms with van der Waals surface area (Å²) in [6, 6.07) is 9.78. The summed E-state index contributed by atoms with van der Waals surface area (Å²) in [5.74, 6) is 5.73. The van der Waals surface area contributed by atoms with Crippen LogP contribution >= 0.6 is 0 Å². The third-order valence-electron chi connectivity index (χ3n) is 4.43. The molecule has 1 atom stereocenters. The Morgan fingerprint density at radius 3 is 2.50 bits per heavy atom. The summed E-state index contributed by atoms with van der Waals surface area (Å²) in [5, 5.41) is 10.7. The number of aliphatic hydroxyl groups excluding tert-OH is 1. The largest absolute Gasteiger partial charge is 0.482 e. The van der Waals surface area contributed by atoms with E-state index in [0.29, 0.717) is 38.4 Å². The highest BCUT2D eigenvalue weighted by Crippen LogP contribution is 2.37. The van der Waals surface area contributed by atoms with Crippen LogP contribution in [0.4, 0.5) is 0 Å². The van der Waals surface area contributed by atoms with Crippen LogP contribution in [0, 0.1) is 17.3 Å². The van der Waals surface area contributed by atoms with Crippen molar-refractivity contribution in [1.82, 2.24) is 0 Å². The Hall–Kier alpha value is -2.02. The Balaban J connectivity index is 2.03. The molecule has 0 amide bonds. The van der Waals surface area contributed by atoms with E-state index in [4.69, 9.17) is 14.2 Å². The van der Waals surface area contributed by atoms with Gasteiger partial charge in [0.25, 0.3) is 0 Å². The van der Waals surface area contributed by atoms with Crippen molar-refractivity contribution in [2.24, 2.45) is 5.41 Å². The fourth-order valence-corrected chi connectivity index (χ4v) is 2.81. The molecule has 0 aliphatic carbocycles. The molecule has 1 unspecified atom stereocenters. The van der Waals surface area contributed by atoms with E-state index in [2.05, 4.69) is 24.2 Å². The summed E-state index contributed by atoms with van der Waals surface area (Å²) in [4.78, 5) is 0. The van der Waals surface area contributed by atoms with Crippen molar-refractivity contribution in [3.8, 4) is 11.8 Å². The highest BCUT2D eigenvalue weighted by atomic mass is 16.7. The van der Waals surface area contributed by atoms with Gasteiger partial charge in [0.2, 0.25) is 0 Å². The normalized spacial score (nSPS) is 18.8. The van der Waals surface area contributed by atoms with Gasteiger partial charge in [-0.25, -0.2) is 0 Å². The van der Waals surface area contributed by atoms with Gasteiger partial charge in [0.05, 0.1) is 13.2 Å². The van der Waals surface area contributed by atoms with Crippen molar-refractivity contribution < 1.29 is 19.3 Å². The first kappa shape index (κ1) is 20.3. The fourth-order valence-electron chi connectivity index (χ4n) is 2.81. The lowest BCUT2D eigenvalue weighted by atomic mass is 9.79. The summed E-state index contributed by atoms with van der Waals surface area (Å²) in [5.41, 5.74) is 3.35. The Labute approximate surface area is 156 Å². The molecule has 1 saturated heterocycles. The van der Waals surface area contributed by atoms with Gasteiger partial charge in [-0.05, 0) is 32.8 Å². The van der Waals surface area contributed by atoms with E-state index in [-0.39, 0.29) is 0 Å². The van der Waals surface area contributed by atoms with Gasteiger partial charge < -0.3 is 19.3 Å². The van der Waals surface area contributed by atoms with Crippen LogP contribution in [0.2, 0.25) is 0 Å². The summed E-state index contributed by atoms with van der Waals surface area (Å²) in [6.07, 6.45) is 0.146. The van der Waals surface area contributed by atoms with Crippen molar-refractivity contribution in [2.45, 2.75) is 52.1 Å². The molecule has 1 aliphatic heterocycles. The SMILES string of the molecule is C=C=C(OCc1ccccc1)C(O)CC1(CC#CC)COC(C)(C)OC1. The van der Waals surface area contributed by atoms with Crippen LogP contribution in [0.3, 0.4) is 0 Å². The Morgan fingerprint density at radius 1 is 1.27 bits per heavy atom. The molecule has 2 rings (SSSR count). The van der Waals surface area contributed by atoms with Gasteiger partial charge in [0, 0.05) is 11.8 Å². The molecule has 0 spiro atoms. The van der Waals surface area contributed by atoms with Crippen LogP contribution in [0.15, 0.2) is 48.4 Å². The standard InChI is InChI=1S/C22H28O4/c1-5-7-13-22(16-25-21(3,4)26-17-22)14-19(23)20(6-2)24-15-18-11-9-8-10-12-18/h8-12,19,23H,2,13-17H2,1,3-4H3. The third-order valence-corrected chi connectivity index (χ3v) is 4.43. The van der Waals surface area contributed by atoms with Gasteiger partial charge >= 0.3 is 0 Å². The third kappa shape index (κ3) is 5.76. The summed E-state index contributed by atoms with van der Waals surface area (Å²) in [6.45, 7) is 10.5. The maximum absolute atomic E-state index is 10.7. The number of benzene rings is 1. The van der Waals surface area contributed by atoms with E-state index in [1.807, 2.05) is 44.2 Å². The second-order valence-corrected chi connectivity index (χ2v) is 7.12. The van der Waals surface area contributed by atoms with Crippen LogP contribution in [0.5, 0.6) is 0 Å². The van der Waals surface area contributed by atoms with Gasteiger partial charge in [0.1, 0.15) is 12.7 Å². The summed E-state index contributed by atoms with van der Waals surface area (Å²) < 4.78 is 17.4. The van der Waals surface area contributed by atoms with E-state index < -0.39 is 17.3 Å². The molecule has 0 radical (unpaired) electrons. The highest BCUT2D eigenvalue weighted by Gasteiger charge is 2.41. The Morgan fingerprint density at radius 2 is 1.92 bits per heavy atom. The Kier molecular flexibility index (Phi) is 7.08. The molecular weight excluding hydrogens is 328 g/mol. The average molecular weight is 356 g/mol. The van der Waals surface area contributed by atoms with Crippen molar-refractivity contribution in [3.05, 3.63) is 54.0 Å². The molecule has 140 valence electrons. The molecule has 0 saturated carbocycles. The van der Waals surface area contributed by atoms with Crippen molar-refractivity contribution in [3.63, 3.8) is 0 Å². The number of ether oxygens (including phenoxy) is 3. The van der Waals surface area contributed by atoms with E-state index in [1.54, 1.807) is 6.92 Å². The molecule has 1 aromatic rings. The molecule has 1 heterocycles. The fraction of sp³-hybridized carbons (Fsp3) is 0.500. The minimum Gasteiger partial charge on any atom is -0.482 e. The molecule has 1 aliphatic rings. The monoisotopic (exact) mass is 356 g/mol. The zero-order valence-electron chi connectivity index (χ0n) is 15.9. The van der Waals surface area contributed by atoms with Crippen LogP contribution in [-0.2, 0) is 20.8 Å².